The van der Waals surface area contributed by atoms with E-state index in [1.54, 1.807) is 0 Å². The molecule has 2 heteroatoms. The maximum absolute atomic E-state index is 2.60. The Morgan fingerprint density at radius 3 is 1.14 bits per heavy atom. The number of rotatable bonds is 13. The van der Waals surface area contributed by atoms with E-state index < -0.39 is 0 Å². The summed E-state index contributed by atoms with van der Waals surface area (Å²) in [5.74, 6) is 0. The van der Waals surface area contributed by atoms with Crippen molar-refractivity contribution in [2.75, 3.05) is 26.2 Å². The largest absolute Gasteiger partial charge is 0.299 e. The van der Waals surface area contributed by atoms with Crippen molar-refractivity contribution in [3.8, 4) is 11.1 Å². The van der Waals surface area contributed by atoms with Gasteiger partial charge in [0.25, 0.3) is 0 Å². The first kappa shape index (κ1) is 22.6. The van der Waals surface area contributed by atoms with Crippen LogP contribution in [0.2, 0.25) is 0 Å². The fraction of sp³-hybridized carbons (Fsp3) is 0.538. The molecule has 0 aliphatic rings. The predicted molar refractivity (Wildman–Crippen MR) is 124 cm³/mol. The summed E-state index contributed by atoms with van der Waals surface area (Å²) in [6.45, 7) is 15.9. The molecule has 154 valence electrons. The molecule has 2 nitrogen and oxygen atoms in total. The molecular weight excluding hydrogens is 340 g/mol. The van der Waals surface area contributed by atoms with Crippen LogP contribution in [0.15, 0.2) is 48.5 Å². The molecule has 0 N–H and O–H groups in total. The Balaban J connectivity index is 2.32. The Kier molecular flexibility index (Phi) is 10.3. The highest BCUT2D eigenvalue weighted by molar-refractivity contribution is 5.70. The van der Waals surface area contributed by atoms with Crippen molar-refractivity contribution in [1.29, 1.82) is 0 Å². The van der Waals surface area contributed by atoms with Crippen LogP contribution in [0.5, 0.6) is 0 Å². The first-order valence-electron chi connectivity index (χ1n) is 11.3. The van der Waals surface area contributed by atoms with Gasteiger partial charge in [-0.05, 0) is 74.1 Å². The van der Waals surface area contributed by atoms with Crippen LogP contribution >= 0.6 is 0 Å². The smallest absolute Gasteiger partial charge is 0.0239 e. The zero-order valence-electron chi connectivity index (χ0n) is 18.6. The van der Waals surface area contributed by atoms with Crippen LogP contribution in [0.25, 0.3) is 11.1 Å². The average Bonchev–Trinajstić information content (AvgIpc) is 2.70. The first-order chi connectivity index (χ1) is 13.7. The second-order valence-electron chi connectivity index (χ2n) is 7.87. The molecule has 28 heavy (non-hydrogen) atoms. The van der Waals surface area contributed by atoms with Crippen molar-refractivity contribution in [3.63, 3.8) is 0 Å². The average molecular weight is 381 g/mol. The highest BCUT2D eigenvalue weighted by Gasteiger charge is 2.13. The molecule has 2 rings (SSSR count). The monoisotopic (exact) mass is 380 g/mol. The Morgan fingerprint density at radius 2 is 0.821 bits per heavy atom. The molecule has 0 aromatic heterocycles. The van der Waals surface area contributed by atoms with Gasteiger partial charge in [0.05, 0.1) is 0 Å². The normalized spacial score (nSPS) is 11.5. The Labute approximate surface area is 173 Å². The third-order valence-corrected chi connectivity index (χ3v) is 5.27. The summed E-state index contributed by atoms with van der Waals surface area (Å²) in [5, 5.41) is 0. The summed E-state index contributed by atoms with van der Waals surface area (Å²) in [5.41, 5.74) is 5.72. The topological polar surface area (TPSA) is 6.48 Å². The fourth-order valence-electron chi connectivity index (χ4n) is 4.13. The van der Waals surface area contributed by atoms with Gasteiger partial charge in [-0.25, -0.2) is 0 Å². The molecule has 0 atom stereocenters. The molecule has 0 spiro atoms. The van der Waals surface area contributed by atoms with Crippen LogP contribution in [0.4, 0.5) is 0 Å². The summed E-state index contributed by atoms with van der Waals surface area (Å²) in [6.07, 6.45) is 4.84. The van der Waals surface area contributed by atoms with E-state index >= 15 is 0 Å². The Bertz CT molecular complexity index is 608. The van der Waals surface area contributed by atoms with Crippen LogP contribution in [0, 0.1) is 0 Å². The van der Waals surface area contributed by atoms with Crippen LogP contribution in [0.3, 0.4) is 0 Å². The van der Waals surface area contributed by atoms with Crippen LogP contribution < -0.4 is 0 Å². The summed E-state index contributed by atoms with van der Waals surface area (Å²) < 4.78 is 0. The van der Waals surface area contributed by atoms with E-state index in [0.717, 1.165) is 13.1 Å². The van der Waals surface area contributed by atoms with Crippen LogP contribution in [0.1, 0.15) is 64.5 Å². The molecule has 0 unspecified atom stereocenters. The summed E-state index contributed by atoms with van der Waals surface area (Å²) >= 11 is 0. The Morgan fingerprint density at radius 1 is 0.500 bits per heavy atom. The van der Waals surface area contributed by atoms with E-state index in [0.29, 0.717) is 0 Å². The van der Waals surface area contributed by atoms with Gasteiger partial charge in [0.1, 0.15) is 0 Å². The van der Waals surface area contributed by atoms with Gasteiger partial charge < -0.3 is 0 Å². The first-order valence-corrected chi connectivity index (χ1v) is 11.3. The zero-order valence-corrected chi connectivity index (χ0v) is 18.6. The standard InChI is InChI=1S/C26H40N2/c1-5-17-27(18-6-2)21-23-13-9-11-15-25(23)26-16-12-10-14-24(26)22-28(19-7-3)20-8-4/h9-16H,5-8,17-22H2,1-4H3. The third-order valence-electron chi connectivity index (χ3n) is 5.27. The number of hydrogen-bond donors (Lipinski definition) is 0. The molecule has 0 aliphatic heterocycles. The minimum absolute atomic E-state index is 1.04. The van der Waals surface area contributed by atoms with Crippen molar-refractivity contribution >= 4 is 0 Å². The van der Waals surface area contributed by atoms with Gasteiger partial charge in [-0.1, -0.05) is 76.2 Å². The molecule has 2 aromatic rings. The Hall–Kier alpha value is -1.64. The minimum Gasteiger partial charge on any atom is -0.299 e. The lowest BCUT2D eigenvalue weighted by molar-refractivity contribution is 0.266. The second kappa shape index (κ2) is 12.7. The van der Waals surface area contributed by atoms with Crippen molar-refractivity contribution in [2.45, 2.75) is 66.5 Å². The van der Waals surface area contributed by atoms with E-state index in [9.17, 15) is 0 Å². The summed E-state index contributed by atoms with van der Waals surface area (Å²) in [7, 11) is 0. The highest BCUT2D eigenvalue weighted by Crippen LogP contribution is 2.29. The summed E-state index contributed by atoms with van der Waals surface area (Å²) in [6, 6.07) is 18.0. The van der Waals surface area contributed by atoms with Crippen molar-refractivity contribution in [1.82, 2.24) is 9.80 Å². The van der Waals surface area contributed by atoms with Gasteiger partial charge >= 0.3 is 0 Å². The molecule has 0 aliphatic carbocycles. The van der Waals surface area contributed by atoms with Gasteiger partial charge in [0, 0.05) is 13.1 Å². The lowest BCUT2D eigenvalue weighted by Crippen LogP contribution is -2.26. The molecular formula is C26H40N2. The minimum atomic E-state index is 1.04. The fourth-order valence-corrected chi connectivity index (χ4v) is 4.13. The number of hydrogen-bond acceptors (Lipinski definition) is 2. The zero-order chi connectivity index (χ0) is 20.2. The van der Waals surface area contributed by atoms with E-state index in [1.807, 2.05) is 0 Å². The van der Waals surface area contributed by atoms with E-state index in [-0.39, 0.29) is 0 Å². The van der Waals surface area contributed by atoms with Crippen LogP contribution in [-0.2, 0) is 13.1 Å². The number of nitrogens with zero attached hydrogens (tertiary/aromatic N) is 2. The van der Waals surface area contributed by atoms with Gasteiger partial charge in [-0.2, -0.15) is 0 Å². The molecule has 0 amide bonds. The molecule has 2 aromatic carbocycles. The molecule has 0 heterocycles. The van der Waals surface area contributed by atoms with Gasteiger partial charge in [0.15, 0.2) is 0 Å². The third kappa shape index (κ3) is 6.76. The molecule has 0 saturated carbocycles. The van der Waals surface area contributed by atoms with Gasteiger partial charge in [0.2, 0.25) is 0 Å². The second-order valence-corrected chi connectivity index (χ2v) is 7.87. The maximum Gasteiger partial charge on any atom is 0.0239 e. The van der Waals surface area contributed by atoms with Crippen molar-refractivity contribution < 1.29 is 0 Å². The van der Waals surface area contributed by atoms with E-state index in [2.05, 4.69) is 86.0 Å². The summed E-state index contributed by atoms with van der Waals surface area (Å²) in [4.78, 5) is 5.20. The van der Waals surface area contributed by atoms with Crippen molar-refractivity contribution in [2.24, 2.45) is 0 Å². The number of benzene rings is 2. The highest BCUT2D eigenvalue weighted by atomic mass is 15.1. The SMILES string of the molecule is CCCN(CCC)Cc1ccccc1-c1ccccc1CN(CCC)CCC. The van der Waals surface area contributed by atoms with Gasteiger partial charge in [-0.3, -0.25) is 9.80 Å². The van der Waals surface area contributed by atoms with E-state index in [1.165, 1.54) is 74.1 Å². The maximum atomic E-state index is 2.60. The molecule has 0 saturated heterocycles. The van der Waals surface area contributed by atoms with E-state index in [4.69, 9.17) is 0 Å². The molecule has 0 fully saturated rings. The van der Waals surface area contributed by atoms with Gasteiger partial charge in [-0.15, -0.1) is 0 Å². The molecule has 0 radical (unpaired) electrons. The lowest BCUT2D eigenvalue weighted by Gasteiger charge is -2.25. The predicted octanol–water partition coefficient (Wildman–Crippen LogP) is 6.60. The quantitative estimate of drug-likeness (QED) is 0.386. The van der Waals surface area contributed by atoms with Crippen LogP contribution in [-0.4, -0.2) is 36.0 Å². The van der Waals surface area contributed by atoms with Crippen molar-refractivity contribution in [3.05, 3.63) is 59.7 Å². The molecule has 0 bridgehead atoms. The lowest BCUT2D eigenvalue weighted by atomic mass is 9.94.